The second-order valence-electron chi connectivity index (χ2n) is 4.08. The van der Waals surface area contributed by atoms with Crippen LogP contribution >= 0.6 is 23.2 Å². The van der Waals surface area contributed by atoms with Gasteiger partial charge in [0.2, 0.25) is 0 Å². The molecule has 0 saturated heterocycles. The lowest BCUT2D eigenvalue weighted by Crippen LogP contribution is -2.22. The van der Waals surface area contributed by atoms with Gasteiger partial charge in [-0.15, -0.1) is 0 Å². The van der Waals surface area contributed by atoms with E-state index in [1.165, 1.54) is 0 Å². The number of rotatable bonds is 3. The first kappa shape index (κ1) is 13.7. The average Bonchev–Trinajstić information content (AvgIpc) is 2.36. The summed E-state index contributed by atoms with van der Waals surface area (Å²) in [6.45, 7) is 0.420. The highest BCUT2D eigenvalue weighted by atomic mass is 35.5. The fraction of sp³-hybridized carbons (Fsp3) is 0.0714. The Hall–Kier alpha value is -1.71. The van der Waals surface area contributed by atoms with Gasteiger partial charge in [0.1, 0.15) is 0 Å². The van der Waals surface area contributed by atoms with E-state index in [-0.39, 0.29) is 5.91 Å². The van der Waals surface area contributed by atoms with Crippen LogP contribution in [-0.2, 0) is 6.54 Å². The summed E-state index contributed by atoms with van der Waals surface area (Å²) in [5.74, 6) is -0.221. The van der Waals surface area contributed by atoms with Gasteiger partial charge in [0.15, 0.2) is 0 Å². The molecule has 98 valence electrons. The van der Waals surface area contributed by atoms with Crippen LogP contribution in [0.25, 0.3) is 0 Å². The third-order valence-electron chi connectivity index (χ3n) is 2.56. The number of carbonyl (C=O) groups is 1. The molecule has 0 spiro atoms. The van der Waals surface area contributed by atoms with Crippen molar-refractivity contribution in [2.24, 2.45) is 0 Å². The maximum absolute atomic E-state index is 11.9. The number of nitrogens with one attached hydrogen (secondary N) is 1. The molecular formula is C14H12Cl2N2O. The number of halogens is 2. The van der Waals surface area contributed by atoms with E-state index in [1.54, 1.807) is 30.3 Å². The van der Waals surface area contributed by atoms with Crippen LogP contribution in [0, 0.1) is 0 Å². The monoisotopic (exact) mass is 294 g/mol. The van der Waals surface area contributed by atoms with E-state index in [0.717, 1.165) is 5.56 Å². The van der Waals surface area contributed by atoms with Gasteiger partial charge in [-0.05, 0) is 35.9 Å². The van der Waals surface area contributed by atoms with Crippen molar-refractivity contribution < 1.29 is 4.79 Å². The lowest BCUT2D eigenvalue weighted by molar-refractivity contribution is 0.0951. The van der Waals surface area contributed by atoms with Crippen molar-refractivity contribution in [1.82, 2.24) is 5.32 Å². The molecule has 0 unspecified atom stereocenters. The van der Waals surface area contributed by atoms with Gasteiger partial charge < -0.3 is 11.1 Å². The summed E-state index contributed by atoms with van der Waals surface area (Å²) < 4.78 is 0. The van der Waals surface area contributed by atoms with Crippen LogP contribution < -0.4 is 11.1 Å². The van der Waals surface area contributed by atoms with Crippen molar-refractivity contribution in [3.8, 4) is 0 Å². The first-order valence-electron chi connectivity index (χ1n) is 5.63. The lowest BCUT2D eigenvalue weighted by atomic mass is 10.2. The minimum absolute atomic E-state index is 0.221. The Balaban J connectivity index is 2.03. The fourth-order valence-electron chi connectivity index (χ4n) is 1.60. The molecule has 1 amide bonds. The van der Waals surface area contributed by atoms with Gasteiger partial charge in [0.25, 0.3) is 5.91 Å². The number of nitrogen functional groups attached to an aromatic ring is 1. The topological polar surface area (TPSA) is 55.1 Å². The van der Waals surface area contributed by atoms with Crippen LogP contribution in [0.3, 0.4) is 0 Å². The molecule has 0 bridgehead atoms. The van der Waals surface area contributed by atoms with Crippen molar-refractivity contribution >= 4 is 34.8 Å². The van der Waals surface area contributed by atoms with Gasteiger partial charge >= 0.3 is 0 Å². The van der Waals surface area contributed by atoms with E-state index >= 15 is 0 Å². The third-order valence-corrected chi connectivity index (χ3v) is 2.99. The largest absolute Gasteiger partial charge is 0.399 e. The van der Waals surface area contributed by atoms with Gasteiger partial charge in [-0.1, -0.05) is 35.3 Å². The number of amides is 1. The highest BCUT2D eigenvalue weighted by molar-refractivity contribution is 6.35. The van der Waals surface area contributed by atoms with Crippen LogP contribution in [0.1, 0.15) is 15.9 Å². The zero-order valence-corrected chi connectivity index (χ0v) is 11.5. The van der Waals surface area contributed by atoms with Crippen molar-refractivity contribution in [3.05, 3.63) is 63.6 Å². The van der Waals surface area contributed by atoms with E-state index in [4.69, 9.17) is 28.9 Å². The van der Waals surface area contributed by atoms with Gasteiger partial charge in [0.05, 0.1) is 0 Å². The summed E-state index contributed by atoms with van der Waals surface area (Å²) in [6.07, 6.45) is 0. The summed E-state index contributed by atoms with van der Waals surface area (Å²) in [5, 5.41) is 3.66. The fourth-order valence-corrected chi connectivity index (χ4v) is 2.13. The summed E-state index contributed by atoms with van der Waals surface area (Å²) in [4.78, 5) is 11.9. The van der Waals surface area contributed by atoms with Crippen molar-refractivity contribution in [2.45, 2.75) is 6.54 Å². The Morgan fingerprint density at radius 1 is 1.05 bits per heavy atom. The molecule has 2 aromatic carbocycles. The summed E-state index contributed by atoms with van der Waals surface area (Å²) >= 11 is 11.7. The molecule has 5 heteroatoms. The van der Waals surface area contributed by atoms with E-state index in [9.17, 15) is 4.79 Å². The minimum atomic E-state index is -0.221. The molecule has 0 aromatic heterocycles. The quantitative estimate of drug-likeness (QED) is 0.851. The number of carbonyl (C=O) groups excluding carboxylic acids is 1. The molecule has 2 aromatic rings. The molecule has 19 heavy (non-hydrogen) atoms. The van der Waals surface area contributed by atoms with E-state index in [2.05, 4.69) is 5.32 Å². The van der Waals surface area contributed by atoms with Gasteiger partial charge in [-0.2, -0.15) is 0 Å². The second kappa shape index (κ2) is 5.95. The maximum Gasteiger partial charge on any atom is 0.251 e. The molecule has 0 aliphatic heterocycles. The van der Waals surface area contributed by atoms with Crippen molar-refractivity contribution in [3.63, 3.8) is 0 Å². The molecule has 0 heterocycles. The van der Waals surface area contributed by atoms with Crippen LogP contribution in [0.15, 0.2) is 42.5 Å². The normalized spacial score (nSPS) is 10.2. The number of anilines is 1. The predicted molar refractivity (Wildman–Crippen MR) is 78.5 cm³/mol. The number of nitrogens with two attached hydrogens (primary N) is 1. The van der Waals surface area contributed by atoms with Crippen LogP contribution in [0.5, 0.6) is 0 Å². The maximum atomic E-state index is 11.9. The summed E-state index contributed by atoms with van der Waals surface area (Å²) in [7, 11) is 0. The Kier molecular flexibility index (Phi) is 4.30. The first-order chi connectivity index (χ1) is 9.04. The molecular weight excluding hydrogens is 283 g/mol. The number of hydrogen-bond donors (Lipinski definition) is 2. The van der Waals surface area contributed by atoms with Crippen molar-refractivity contribution in [2.75, 3.05) is 5.73 Å². The third kappa shape index (κ3) is 3.88. The lowest BCUT2D eigenvalue weighted by Gasteiger charge is -2.06. The highest BCUT2D eigenvalue weighted by Crippen LogP contribution is 2.19. The Morgan fingerprint density at radius 2 is 1.63 bits per heavy atom. The van der Waals surface area contributed by atoms with Crippen molar-refractivity contribution in [1.29, 1.82) is 0 Å². The molecule has 0 fully saturated rings. The number of benzene rings is 2. The minimum Gasteiger partial charge on any atom is -0.399 e. The first-order valence-corrected chi connectivity index (χ1v) is 6.39. The highest BCUT2D eigenvalue weighted by Gasteiger charge is 2.07. The van der Waals surface area contributed by atoms with Crippen LogP contribution in [0.2, 0.25) is 10.0 Å². The molecule has 3 N–H and O–H groups in total. The van der Waals surface area contributed by atoms with E-state index < -0.39 is 0 Å². The Bertz CT molecular complexity index is 577. The predicted octanol–water partition coefficient (Wildman–Crippen LogP) is 3.51. The molecule has 0 atom stereocenters. The molecule has 3 nitrogen and oxygen atoms in total. The SMILES string of the molecule is Nc1ccc(CNC(=O)c2cc(Cl)cc(Cl)c2)cc1. The second-order valence-corrected chi connectivity index (χ2v) is 4.96. The van der Waals surface area contributed by atoms with Crippen LogP contribution in [-0.4, -0.2) is 5.91 Å². The average molecular weight is 295 g/mol. The standard InChI is InChI=1S/C14H12Cl2N2O/c15-11-5-10(6-12(16)7-11)14(19)18-8-9-1-3-13(17)4-2-9/h1-7H,8,17H2,(H,18,19). The van der Waals surface area contributed by atoms with E-state index in [0.29, 0.717) is 27.8 Å². The molecule has 0 radical (unpaired) electrons. The Labute approximate surface area is 121 Å². The van der Waals surface area contributed by atoms with Gasteiger partial charge in [-0.25, -0.2) is 0 Å². The zero-order valence-electron chi connectivity index (χ0n) is 9.99. The van der Waals surface area contributed by atoms with E-state index in [1.807, 2.05) is 12.1 Å². The molecule has 0 aliphatic rings. The number of hydrogen-bond acceptors (Lipinski definition) is 2. The van der Waals surface area contributed by atoms with Gasteiger partial charge in [-0.3, -0.25) is 4.79 Å². The Morgan fingerprint density at radius 3 is 2.21 bits per heavy atom. The molecule has 0 saturated carbocycles. The molecule has 2 rings (SSSR count). The van der Waals surface area contributed by atoms with Gasteiger partial charge in [0, 0.05) is 27.8 Å². The summed E-state index contributed by atoms with van der Waals surface area (Å²) in [6, 6.07) is 12.0. The summed E-state index contributed by atoms with van der Waals surface area (Å²) in [5.41, 5.74) is 7.69. The smallest absolute Gasteiger partial charge is 0.251 e. The molecule has 0 aliphatic carbocycles. The zero-order chi connectivity index (χ0) is 13.8. The van der Waals surface area contributed by atoms with Crippen LogP contribution in [0.4, 0.5) is 5.69 Å².